The lowest BCUT2D eigenvalue weighted by Gasteiger charge is -2.22. The van der Waals surface area contributed by atoms with Gasteiger partial charge < -0.3 is 10.6 Å². The second kappa shape index (κ2) is 9.33. The minimum atomic E-state index is -0.0878. The second-order valence-electron chi connectivity index (χ2n) is 7.53. The highest BCUT2D eigenvalue weighted by atomic mass is 35.5. The minimum absolute atomic E-state index is 0. The molecule has 2 fully saturated rings. The van der Waals surface area contributed by atoms with Gasteiger partial charge in [-0.2, -0.15) is 0 Å². The minimum Gasteiger partial charge on any atom is -0.348 e. The molecule has 2 aromatic rings. The van der Waals surface area contributed by atoms with Crippen LogP contribution in [-0.2, 0) is 6.42 Å². The number of nitrogens with one attached hydrogen (secondary N) is 2. The molecule has 7 heteroatoms. The average Bonchev–Trinajstić information content (AvgIpc) is 3.34. The van der Waals surface area contributed by atoms with Crippen molar-refractivity contribution in [3.8, 4) is 0 Å². The predicted molar refractivity (Wildman–Crippen MR) is 107 cm³/mol. The van der Waals surface area contributed by atoms with E-state index in [1.807, 2.05) is 16.9 Å². The van der Waals surface area contributed by atoms with Crippen LogP contribution in [0.3, 0.4) is 0 Å². The number of hydrogen-bond donors (Lipinski definition) is 2. The van der Waals surface area contributed by atoms with E-state index < -0.39 is 0 Å². The van der Waals surface area contributed by atoms with Crippen molar-refractivity contribution in [2.24, 2.45) is 5.92 Å². The molecule has 2 unspecified atom stereocenters. The highest BCUT2D eigenvalue weighted by Crippen LogP contribution is 2.29. The van der Waals surface area contributed by atoms with Crippen LogP contribution in [-0.4, -0.2) is 40.0 Å². The quantitative estimate of drug-likeness (QED) is 0.824. The van der Waals surface area contributed by atoms with Crippen molar-refractivity contribution in [1.82, 2.24) is 25.6 Å². The van der Waals surface area contributed by atoms with Crippen molar-refractivity contribution in [1.29, 1.82) is 0 Å². The van der Waals surface area contributed by atoms with Crippen LogP contribution in [0.4, 0.5) is 0 Å². The Hall–Kier alpha value is -1.92. The largest absolute Gasteiger partial charge is 0.348 e. The molecular weight excluding hydrogens is 362 g/mol. The molecule has 6 nitrogen and oxygen atoms in total. The summed E-state index contributed by atoms with van der Waals surface area (Å²) in [4.78, 5) is 12.7. The Morgan fingerprint density at radius 2 is 1.93 bits per heavy atom. The fraction of sp³-hybridized carbons (Fsp3) is 0.550. The number of aromatic nitrogens is 3. The molecule has 1 aliphatic heterocycles. The zero-order valence-corrected chi connectivity index (χ0v) is 16.3. The Bertz CT molecular complexity index is 729. The van der Waals surface area contributed by atoms with Crippen LogP contribution in [0.25, 0.3) is 0 Å². The summed E-state index contributed by atoms with van der Waals surface area (Å²) in [5.74, 6) is 0.413. The maximum Gasteiger partial charge on any atom is 0.273 e. The predicted octanol–water partition coefficient (Wildman–Crippen LogP) is 2.77. The molecule has 2 heterocycles. The Kier molecular flexibility index (Phi) is 6.85. The van der Waals surface area contributed by atoms with Gasteiger partial charge in [0.05, 0.1) is 12.2 Å². The highest BCUT2D eigenvalue weighted by Gasteiger charge is 2.29. The van der Waals surface area contributed by atoms with Crippen molar-refractivity contribution < 1.29 is 4.79 Å². The van der Waals surface area contributed by atoms with Crippen LogP contribution < -0.4 is 10.6 Å². The van der Waals surface area contributed by atoms with E-state index >= 15 is 0 Å². The fourth-order valence-corrected chi connectivity index (χ4v) is 4.26. The van der Waals surface area contributed by atoms with Gasteiger partial charge in [-0.05, 0) is 56.7 Å². The zero-order valence-electron chi connectivity index (χ0n) is 15.5. The molecule has 27 heavy (non-hydrogen) atoms. The lowest BCUT2D eigenvalue weighted by molar-refractivity contribution is 0.0922. The van der Waals surface area contributed by atoms with Crippen molar-refractivity contribution in [3.05, 3.63) is 47.8 Å². The van der Waals surface area contributed by atoms with E-state index in [1.54, 1.807) is 0 Å². The van der Waals surface area contributed by atoms with E-state index in [-0.39, 0.29) is 24.4 Å². The molecule has 1 saturated heterocycles. The Labute approximate surface area is 166 Å². The average molecular weight is 390 g/mol. The number of halogens is 1. The van der Waals surface area contributed by atoms with Crippen molar-refractivity contribution in [2.45, 2.75) is 50.6 Å². The van der Waals surface area contributed by atoms with Gasteiger partial charge in [0.15, 0.2) is 5.69 Å². The third kappa shape index (κ3) is 4.87. The van der Waals surface area contributed by atoms with Gasteiger partial charge in [-0.25, -0.2) is 4.68 Å². The number of carbonyl (C=O) groups excluding carboxylic acids is 1. The molecule has 146 valence electrons. The Morgan fingerprint density at radius 1 is 1.15 bits per heavy atom. The molecule has 0 spiro atoms. The summed E-state index contributed by atoms with van der Waals surface area (Å²) in [6, 6.07) is 11.1. The van der Waals surface area contributed by atoms with Crippen LogP contribution in [0, 0.1) is 5.92 Å². The van der Waals surface area contributed by atoms with Crippen molar-refractivity contribution in [2.75, 3.05) is 13.1 Å². The second-order valence-corrected chi connectivity index (χ2v) is 7.53. The number of nitrogens with zero attached hydrogens (tertiary/aromatic N) is 3. The van der Waals surface area contributed by atoms with Crippen LogP contribution in [0.1, 0.15) is 54.2 Å². The van der Waals surface area contributed by atoms with Gasteiger partial charge in [0.2, 0.25) is 0 Å². The molecule has 4 rings (SSSR count). The first-order valence-electron chi connectivity index (χ1n) is 9.77. The normalized spacial score (nSPS) is 23.0. The van der Waals surface area contributed by atoms with Crippen molar-refractivity contribution >= 4 is 18.3 Å². The number of carbonyl (C=O) groups is 1. The lowest BCUT2D eigenvalue weighted by atomic mass is 9.94. The van der Waals surface area contributed by atoms with Gasteiger partial charge in [0.1, 0.15) is 0 Å². The van der Waals surface area contributed by atoms with Crippen LogP contribution in [0.2, 0.25) is 0 Å². The summed E-state index contributed by atoms with van der Waals surface area (Å²) >= 11 is 0. The third-order valence-corrected chi connectivity index (χ3v) is 5.74. The standard InChI is InChI=1S/C20H27N5O.ClH/c26-20(19-14-25(24-23-19)17-9-11-21-12-10-17)22-18-8-4-7-16(18)13-15-5-2-1-3-6-15;/h1-3,5-6,14,16-18,21H,4,7-13H2,(H,22,26);1H. The van der Waals surface area contributed by atoms with E-state index in [2.05, 4.69) is 45.2 Å². The first-order valence-corrected chi connectivity index (χ1v) is 9.77. The molecular formula is C20H28ClN5O. The van der Waals surface area contributed by atoms with Gasteiger partial charge >= 0.3 is 0 Å². The first kappa shape index (κ1) is 19.8. The molecule has 2 atom stereocenters. The van der Waals surface area contributed by atoms with Gasteiger partial charge in [-0.3, -0.25) is 4.79 Å². The first-order chi connectivity index (χ1) is 12.8. The summed E-state index contributed by atoms with van der Waals surface area (Å²) in [7, 11) is 0. The monoisotopic (exact) mass is 389 g/mol. The molecule has 1 saturated carbocycles. The molecule has 2 aliphatic rings. The fourth-order valence-electron chi connectivity index (χ4n) is 4.26. The van der Waals surface area contributed by atoms with Crippen LogP contribution in [0.5, 0.6) is 0 Å². The van der Waals surface area contributed by atoms with Gasteiger partial charge in [0.25, 0.3) is 5.91 Å². The number of amides is 1. The topological polar surface area (TPSA) is 71.8 Å². The highest BCUT2D eigenvalue weighted by molar-refractivity contribution is 5.92. The summed E-state index contributed by atoms with van der Waals surface area (Å²) in [5.41, 5.74) is 1.78. The maximum atomic E-state index is 12.7. The third-order valence-electron chi connectivity index (χ3n) is 5.74. The molecule has 2 N–H and O–H groups in total. The SMILES string of the molecule is Cl.O=C(NC1CCCC1Cc1ccccc1)c1cn(C2CCNCC2)nn1. The zero-order chi connectivity index (χ0) is 17.8. The maximum absolute atomic E-state index is 12.7. The van der Waals surface area contributed by atoms with E-state index in [9.17, 15) is 4.79 Å². The number of piperidine rings is 1. The van der Waals surface area contributed by atoms with Gasteiger partial charge in [-0.15, -0.1) is 17.5 Å². The van der Waals surface area contributed by atoms with Gasteiger partial charge in [0, 0.05) is 6.04 Å². The van der Waals surface area contributed by atoms with Crippen LogP contribution in [0.15, 0.2) is 36.5 Å². The van der Waals surface area contributed by atoms with Crippen LogP contribution >= 0.6 is 12.4 Å². The molecule has 1 aromatic heterocycles. The smallest absolute Gasteiger partial charge is 0.273 e. The molecule has 1 amide bonds. The van der Waals surface area contributed by atoms with E-state index in [0.29, 0.717) is 17.7 Å². The summed E-state index contributed by atoms with van der Waals surface area (Å²) in [6.07, 6.45) is 8.29. The number of hydrogen-bond acceptors (Lipinski definition) is 4. The van der Waals surface area contributed by atoms with Crippen molar-refractivity contribution in [3.63, 3.8) is 0 Å². The summed E-state index contributed by atoms with van der Waals surface area (Å²) < 4.78 is 1.87. The number of benzene rings is 1. The molecule has 1 aromatic carbocycles. The summed E-state index contributed by atoms with van der Waals surface area (Å²) in [6.45, 7) is 1.99. The Balaban J connectivity index is 0.00000210. The van der Waals surface area contributed by atoms with Gasteiger partial charge in [-0.1, -0.05) is 42.0 Å². The Morgan fingerprint density at radius 3 is 2.70 bits per heavy atom. The van der Waals surface area contributed by atoms with E-state index in [1.165, 1.54) is 18.4 Å². The molecule has 1 aliphatic carbocycles. The number of rotatable bonds is 5. The van der Waals surface area contributed by atoms with E-state index in [4.69, 9.17) is 0 Å². The van der Waals surface area contributed by atoms with E-state index in [0.717, 1.165) is 38.8 Å². The molecule has 0 radical (unpaired) electrons. The lowest BCUT2D eigenvalue weighted by Crippen LogP contribution is -2.38. The summed E-state index contributed by atoms with van der Waals surface area (Å²) in [5, 5.41) is 14.9. The molecule has 0 bridgehead atoms.